The summed E-state index contributed by atoms with van der Waals surface area (Å²) in [6.07, 6.45) is 0. The third-order valence-corrected chi connectivity index (χ3v) is 3.65. The Balaban J connectivity index is 2.75. The molecule has 1 rings (SSSR count). The molecule has 3 nitrogen and oxygen atoms in total. The van der Waals surface area contributed by atoms with Gasteiger partial charge in [-0.15, -0.1) is 11.3 Å². The van der Waals surface area contributed by atoms with Crippen molar-refractivity contribution in [2.75, 3.05) is 11.9 Å². The van der Waals surface area contributed by atoms with E-state index >= 15 is 0 Å². The van der Waals surface area contributed by atoms with E-state index in [1.807, 2.05) is 0 Å². The Morgan fingerprint density at radius 3 is 2.71 bits per heavy atom. The molecular formula is C9H16ClN3S. The van der Waals surface area contributed by atoms with Gasteiger partial charge in [-0.05, 0) is 12.8 Å². The Kier molecular flexibility index (Phi) is 3.75. The zero-order valence-electron chi connectivity index (χ0n) is 8.67. The van der Waals surface area contributed by atoms with Crippen molar-refractivity contribution in [3.8, 4) is 0 Å². The fraction of sp³-hybridized carbons (Fsp3) is 0.667. The second-order valence-electron chi connectivity index (χ2n) is 3.88. The molecule has 1 aromatic rings. The Bertz CT molecular complexity index is 300. The molecule has 1 unspecified atom stereocenters. The maximum Gasteiger partial charge on any atom is 0.184 e. The molecule has 0 spiro atoms. The lowest BCUT2D eigenvalue weighted by atomic mass is 9.89. The average Bonchev–Trinajstić information content (AvgIpc) is 2.50. The minimum Gasteiger partial charge on any atom is -0.355 e. The molecule has 0 fully saturated rings. The molecule has 0 saturated carbocycles. The van der Waals surface area contributed by atoms with Crippen LogP contribution in [0.25, 0.3) is 0 Å². The van der Waals surface area contributed by atoms with Crippen molar-refractivity contribution in [1.82, 2.24) is 4.98 Å². The number of hydrogen-bond acceptors (Lipinski definition) is 4. The lowest BCUT2D eigenvalue weighted by Crippen LogP contribution is -2.47. The molecule has 1 heterocycles. The number of nitrogens with two attached hydrogens (primary N) is 1. The summed E-state index contributed by atoms with van der Waals surface area (Å²) in [5.74, 6) is 0.440. The molecule has 5 heteroatoms. The van der Waals surface area contributed by atoms with Gasteiger partial charge >= 0.3 is 0 Å². The van der Waals surface area contributed by atoms with Gasteiger partial charge in [0.15, 0.2) is 5.13 Å². The van der Waals surface area contributed by atoms with Crippen LogP contribution in [-0.4, -0.2) is 17.1 Å². The largest absolute Gasteiger partial charge is 0.355 e. The molecule has 14 heavy (non-hydrogen) atoms. The lowest BCUT2D eigenvalue weighted by Gasteiger charge is -2.33. The van der Waals surface area contributed by atoms with Gasteiger partial charge in [0.1, 0.15) is 5.15 Å². The smallest absolute Gasteiger partial charge is 0.184 e. The predicted octanol–water partition coefficient (Wildman–Crippen LogP) is 2.58. The van der Waals surface area contributed by atoms with Crippen LogP contribution in [0.2, 0.25) is 5.15 Å². The van der Waals surface area contributed by atoms with Crippen LogP contribution in [0.1, 0.15) is 20.8 Å². The van der Waals surface area contributed by atoms with Gasteiger partial charge in [-0.25, -0.2) is 4.98 Å². The van der Waals surface area contributed by atoms with Crippen molar-refractivity contribution in [3.63, 3.8) is 0 Å². The number of hydrogen-bond donors (Lipinski definition) is 2. The Morgan fingerprint density at radius 2 is 2.36 bits per heavy atom. The topological polar surface area (TPSA) is 50.9 Å². The molecule has 0 saturated heterocycles. The van der Waals surface area contributed by atoms with Crippen molar-refractivity contribution in [2.45, 2.75) is 26.3 Å². The maximum absolute atomic E-state index is 5.74. The van der Waals surface area contributed by atoms with Crippen LogP contribution < -0.4 is 11.1 Å². The van der Waals surface area contributed by atoms with Crippen molar-refractivity contribution in [1.29, 1.82) is 0 Å². The van der Waals surface area contributed by atoms with E-state index in [2.05, 4.69) is 31.1 Å². The first-order chi connectivity index (χ1) is 6.48. The molecule has 0 bridgehead atoms. The molecular weight excluding hydrogens is 218 g/mol. The monoisotopic (exact) mass is 233 g/mol. The molecule has 0 radical (unpaired) electrons. The van der Waals surface area contributed by atoms with E-state index < -0.39 is 0 Å². The Labute approximate surface area is 93.7 Å². The summed E-state index contributed by atoms with van der Waals surface area (Å²) >= 11 is 7.24. The maximum atomic E-state index is 5.74. The highest BCUT2D eigenvalue weighted by Crippen LogP contribution is 2.25. The number of anilines is 1. The average molecular weight is 234 g/mol. The van der Waals surface area contributed by atoms with Crippen LogP contribution in [0.3, 0.4) is 0 Å². The summed E-state index contributed by atoms with van der Waals surface area (Å²) in [7, 11) is 0. The number of rotatable bonds is 4. The van der Waals surface area contributed by atoms with Gasteiger partial charge in [0.2, 0.25) is 0 Å². The third-order valence-electron chi connectivity index (χ3n) is 2.57. The molecule has 1 atom stereocenters. The first-order valence-electron chi connectivity index (χ1n) is 4.57. The summed E-state index contributed by atoms with van der Waals surface area (Å²) in [4.78, 5) is 4.14. The highest BCUT2D eigenvalue weighted by atomic mass is 35.5. The molecule has 3 N–H and O–H groups in total. The molecule has 1 aromatic heterocycles. The number of halogens is 1. The van der Waals surface area contributed by atoms with Crippen LogP contribution in [-0.2, 0) is 0 Å². The number of nitrogens with one attached hydrogen (secondary N) is 1. The highest BCUT2D eigenvalue weighted by molar-refractivity contribution is 7.14. The summed E-state index contributed by atoms with van der Waals surface area (Å²) in [5.41, 5.74) is 5.62. The van der Waals surface area contributed by atoms with Gasteiger partial charge < -0.3 is 11.1 Å². The van der Waals surface area contributed by atoms with Crippen LogP contribution in [0, 0.1) is 5.92 Å². The summed E-state index contributed by atoms with van der Waals surface area (Å²) in [6, 6.07) is 0. The fourth-order valence-corrected chi connectivity index (χ4v) is 1.96. The molecule has 0 aromatic carbocycles. The highest BCUT2D eigenvalue weighted by Gasteiger charge is 2.27. The van der Waals surface area contributed by atoms with Crippen molar-refractivity contribution >= 4 is 28.1 Å². The normalized spacial score (nSPS) is 15.6. The molecule has 0 aliphatic rings. The lowest BCUT2D eigenvalue weighted by molar-refractivity contribution is 0.382. The fourth-order valence-electron chi connectivity index (χ4n) is 0.987. The van der Waals surface area contributed by atoms with Gasteiger partial charge in [-0.1, -0.05) is 25.4 Å². The minimum atomic E-state index is -0.124. The standard InChI is InChI=1S/C9H16ClN3S/c1-6(2)9(3,5-11)13-8-12-7(10)4-14-8/h4,6H,5,11H2,1-3H3,(H,12,13). The Morgan fingerprint density at radius 1 is 1.71 bits per heavy atom. The second kappa shape index (κ2) is 4.47. The molecule has 0 amide bonds. The SMILES string of the molecule is CC(C)C(C)(CN)Nc1nc(Cl)cs1. The number of nitrogens with zero attached hydrogens (tertiary/aromatic N) is 1. The van der Waals surface area contributed by atoms with Crippen molar-refractivity contribution in [3.05, 3.63) is 10.5 Å². The summed E-state index contributed by atoms with van der Waals surface area (Å²) < 4.78 is 0. The van der Waals surface area contributed by atoms with Gasteiger partial charge in [-0.2, -0.15) is 0 Å². The third kappa shape index (κ3) is 2.59. The Hall–Kier alpha value is -0.320. The van der Waals surface area contributed by atoms with Gasteiger partial charge in [0.05, 0.1) is 5.54 Å². The minimum absolute atomic E-state index is 0.124. The molecule has 80 valence electrons. The van der Waals surface area contributed by atoms with Crippen LogP contribution in [0.4, 0.5) is 5.13 Å². The summed E-state index contributed by atoms with van der Waals surface area (Å²) in [5, 5.41) is 6.49. The van der Waals surface area contributed by atoms with Gasteiger partial charge in [0, 0.05) is 11.9 Å². The van der Waals surface area contributed by atoms with E-state index in [4.69, 9.17) is 17.3 Å². The second-order valence-corrected chi connectivity index (χ2v) is 5.12. The number of thiazole rings is 1. The predicted molar refractivity (Wildman–Crippen MR) is 63.0 cm³/mol. The van der Waals surface area contributed by atoms with Gasteiger partial charge in [-0.3, -0.25) is 0 Å². The van der Waals surface area contributed by atoms with Gasteiger partial charge in [0.25, 0.3) is 0 Å². The van der Waals surface area contributed by atoms with E-state index in [-0.39, 0.29) is 5.54 Å². The van der Waals surface area contributed by atoms with Crippen LogP contribution >= 0.6 is 22.9 Å². The van der Waals surface area contributed by atoms with Crippen LogP contribution in [0.5, 0.6) is 0 Å². The van der Waals surface area contributed by atoms with E-state index in [1.165, 1.54) is 11.3 Å². The summed E-state index contributed by atoms with van der Waals surface area (Å²) in [6.45, 7) is 6.93. The molecule has 0 aliphatic heterocycles. The van der Waals surface area contributed by atoms with Crippen molar-refractivity contribution < 1.29 is 0 Å². The zero-order valence-corrected chi connectivity index (χ0v) is 10.2. The quantitative estimate of drug-likeness (QED) is 0.841. The number of aromatic nitrogens is 1. The van der Waals surface area contributed by atoms with E-state index in [9.17, 15) is 0 Å². The van der Waals surface area contributed by atoms with E-state index in [1.54, 1.807) is 5.38 Å². The van der Waals surface area contributed by atoms with Crippen molar-refractivity contribution in [2.24, 2.45) is 11.7 Å². The van der Waals surface area contributed by atoms with E-state index in [0.29, 0.717) is 17.6 Å². The molecule has 0 aliphatic carbocycles. The first kappa shape index (κ1) is 11.8. The van der Waals surface area contributed by atoms with E-state index in [0.717, 1.165) is 5.13 Å². The zero-order chi connectivity index (χ0) is 10.8. The van der Waals surface area contributed by atoms with Crippen LogP contribution in [0.15, 0.2) is 5.38 Å². The first-order valence-corrected chi connectivity index (χ1v) is 5.83.